The molecule has 0 spiro atoms. The second-order valence-corrected chi connectivity index (χ2v) is 8.34. The van der Waals surface area contributed by atoms with Gasteiger partial charge in [-0.1, -0.05) is 13.0 Å². The van der Waals surface area contributed by atoms with Crippen LogP contribution in [-0.2, 0) is 9.59 Å². The third-order valence-corrected chi connectivity index (χ3v) is 5.11. The van der Waals surface area contributed by atoms with Crippen molar-refractivity contribution in [1.82, 2.24) is 15.1 Å². The Hall–Kier alpha value is -1.40. The van der Waals surface area contributed by atoms with Gasteiger partial charge < -0.3 is 10.2 Å². The van der Waals surface area contributed by atoms with Crippen LogP contribution < -0.4 is 5.32 Å². The van der Waals surface area contributed by atoms with Gasteiger partial charge in [0.15, 0.2) is 0 Å². The van der Waals surface area contributed by atoms with Crippen LogP contribution in [0.4, 0.5) is 0 Å². The number of amides is 2. The molecule has 1 saturated heterocycles. The molecular formula is C18H29N3O2S. The Morgan fingerprint density at radius 3 is 2.71 bits per heavy atom. The molecule has 1 aromatic rings. The van der Waals surface area contributed by atoms with Gasteiger partial charge in [0.1, 0.15) is 0 Å². The minimum absolute atomic E-state index is 0.0339. The number of hydrogen-bond acceptors (Lipinski definition) is 4. The smallest absolute Gasteiger partial charge is 0.237 e. The van der Waals surface area contributed by atoms with E-state index in [9.17, 15) is 9.59 Å². The summed E-state index contributed by atoms with van der Waals surface area (Å²) in [7, 11) is 0. The fourth-order valence-corrected chi connectivity index (χ4v) is 3.94. The molecule has 134 valence electrons. The quantitative estimate of drug-likeness (QED) is 0.857. The van der Waals surface area contributed by atoms with Crippen LogP contribution in [0.15, 0.2) is 17.5 Å². The lowest BCUT2D eigenvalue weighted by atomic mass is 10.1. The average molecular weight is 352 g/mol. The van der Waals surface area contributed by atoms with Crippen LogP contribution in [0.25, 0.3) is 0 Å². The summed E-state index contributed by atoms with van der Waals surface area (Å²) in [6, 6.07) is 4.35. The molecule has 1 aliphatic heterocycles. The third kappa shape index (κ3) is 5.31. The summed E-state index contributed by atoms with van der Waals surface area (Å²) in [4.78, 5) is 30.0. The number of carbonyl (C=O) groups excluding carboxylic acids is 2. The van der Waals surface area contributed by atoms with E-state index in [1.165, 1.54) is 4.88 Å². The second-order valence-electron chi connectivity index (χ2n) is 7.36. The minimum atomic E-state index is -0.250. The fraction of sp³-hybridized carbons (Fsp3) is 0.667. The summed E-state index contributed by atoms with van der Waals surface area (Å²) >= 11 is 1.71. The van der Waals surface area contributed by atoms with Crippen molar-refractivity contribution in [2.75, 3.05) is 26.2 Å². The molecule has 0 aromatic carbocycles. The van der Waals surface area contributed by atoms with Gasteiger partial charge in [-0.3, -0.25) is 14.5 Å². The molecule has 1 N–H and O–H groups in total. The predicted molar refractivity (Wildman–Crippen MR) is 98.0 cm³/mol. The first kappa shape index (κ1) is 18.9. The topological polar surface area (TPSA) is 52.7 Å². The first-order valence-electron chi connectivity index (χ1n) is 8.66. The lowest BCUT2D eigenvalue weighted by Crippen LogP contribution is -2.48. The number of thiophene rings is 1. The molecule has 0 radical (unpaired) electrons. The highest BCUT2D eigenvalue weighted by Gasteiger charge is 2.31. The highest BCUT2D eigenvalue weighted by molar-refractivity contribution is 7.10. The summed E-state index contributed by atoms with van der Waals surface area (Å²) < 4.78 is 0. The van der Waals surface area contributed by atoms with E-state index in [-0.39, 0.29) is 29.9 Å². The number of nitrogens with zero attached hydrogens (tertiary/aromatic N) is 2. The molecule has 6 heteroatoms. The second kappa shape index (κ2) is 8.12. The van der Waals surface area contributed by atoms with Crippen molar-refractivity contribution in [1.29, 1.82) is 0 Å². The van der Waals surface area contributed by atoms with Gasteiger partial charge in [-0.25, -0.2) is 0 Å². The van der Waals surface area contributed by atoms with Crippen LogP contribution in [0.3, 0.4) is 0 Å². The Balaban J connectivity index is 1.92. The number of rotatable bonds is 6. The molecule has 1 atom stereocenters. The van der Waals surface area contributed by atoms with Gasteiger partial charge in [0.2, 0.25) is 11.8 Å². The Morgan fingerprint density at radius 1 is 1.38 bits per heavy atom. The van der Waals surface area contributed by atoms with Gasteiger partial charge in [-0.2, -0.15) is 0 Å². The highest BCUT2D eigenvalue weighted by Crippen LogP contribution is 2.34. The van der Waals surface area contributed by atoms with E-state index >= 15 is 0 Å². The summed E-state index contributed by atoms with van der Waals surface area (Å²) in [6.45, 7) is 9.92. The zero-order valence-corrected chi connectivity index (χ0v) is 16.0. The van der Waals surface area contributed by atoms with E-state index < -0.39 is 0 Å². The third-order valence-electron chi connectivity index (χ3n) is 4.13. The maximum Gasteiger partial charge on any atom is 0.237 e. The van der Waals surface area contributed by atoms with E-state index in [1.807, 2.05) is 43.6 Å². The van der Waals surface area contributed by atoms with Gasteiger partial charge >= 0.3 is 0 Å². The van der Waals surface area contributed by atoms with Crippen LogP contribution in [-0.4, -0.2) is 53.3 Å². The number of carbonyl (C=O) groups is 2. The number of likely N-dealkylation sites (N-methyl/N-ethyl adjacent to an activating group) is 1. The number of hydrogen-bond donors (Lipinski definition) is 1. The standard InChI is InChI=1S/C18H29N3O2S/c1-5-20(12-16(22)19-18(2,3)4)13-17(23)21-10-6-8-14(21)15-9-7-11-24-15/h7,9,11,14H,5-6,8,10,12-13H2,1-4H3,(H,19,22). The largest absolute Gasteiger partial charge is 0.350 e. The molecule has 1 unspecified atom stereocenters. The van der Waals surface area contributed by atoms with E-state index in [0.717, 1.165) is 19.4 Å². The van der Waals surface area contributed by atoms with Crippen LogP contribution in [0, 0.1) is 0 Å². The monoisotopic (exact) mass is 351 g/mol. The molecule has 1 fully saturated rings. The lowest BCUT2D eigenvalue weighted by Gasteiger charge is -2.28. The van der Waals surface area contributed by atoms with Crippen molar-refractivity contribution in [2.45, 2.75) is 52.1 Å². The summed E-state index contributed by atoms with van der Waals surface area (Å²) in [5.74, 6) is 0.0877. The van der Waals surface area contributed by atoms with Crippen molar-refractivity contribution in [3.8, 4) is 0 Å². The van der Waals surface area contributed by atoms with E-state index in [4.69, 9.17) is 0 Å². The maximum absolute atomic E-state index is 12.7. The predicted octanol–water partition coefficient (Wildman–Crippen LogP) is 2.65. The van der Waals surface area contributed by atoms with E-state index in [2.05, 4.69) is 16.8 Å². The molecule has 5 nitrogen and oxygen atoms in total. The Morgan fingerprint density at radius 2 is 2.12 bits per heavy atom. The summed E-state index contributed by atoms with van der Waals surface area (Å²) in [6.07, 6.45) is 2.08. The molecule has 0 saturated carbocycles. The highest BCUT2D eigenvalue weighted by atomic mass is 32.1. The number of likely N-dealkylation sites (tertiary alicyclic amines) is 1. The van der Waals surface area contributed by atoms with Crippen molar-refractivity contribution >= 4 is 23.2 Å². The number of nitrogens with one attached hydrogen (secondary N) is 1. The van der Waals surface area contributed by atoms with Gasteiger partial charge in [0.05, 0.1) is 19.1 Å². The van der Waals surface area contributed by atoms with Crippen LogP contribution in [0.5, 0.6) is 0 Å². The Kier molecular flexibility index (Phi) is 6.40. The summed E-state index contributed by atoms with van der Waals surface area (Å²) in [5.41, 5.74) is -0.250. The van der Waals surface area contributed by atoms with Gasteiger partial charge in [-0.05, 0) is 51.6 Å². The Labute approximate surface area is 149 Å². The van der Waals surface area contributed by atoms with Gasteiger partial charge in [0.25, 0.3) is 0 Å². The van der Waals surface area contributed by atoms with Gasteiger partial charge in [-0.15, -0.1) is 11.3 Å². The molecule has 2 rings (SSSR count). The molecule has 1 aromatic heterocycles. The maximum atomic E-state index is 12.7. The van der Waals surface area contributed by atoms with Gasteiger partial charge in [0, 0.05) is 17.0 Å². The molecule has 1 aliphatic rings. The zero-order chi connectivity index (χ0) is 17.7. The lowest BCUT2D eigenvalue weighted by molar-refractivity contribution is -0.134. The van der Waals surface area contributed by atoms with E-state index in [1.54, 1.807) is 11.3 Å². The van der Waals surface area contributed by atoms with Crippen LogP contribution >= 0.6 is 11.3 Å². The van der Waals surface area contributed by atoms with E-state index in [0.29, 0.717) is 13.1 Å². The van der Waals surface area contributed by atoms with Crippen molar-refractivity contribution < 1.29 is 9.59 Å². The van der Waals surface area contributed by atoms with Crippen LogP contribution in [0.1, 0.15) is 51.5 Å². The molecule has 2 heterocycles. The minimum Gasteiger partial charge on any atom is -0.350 e. The summed E-state index contributed by atoms with van der Waals surface area (Å²) in [5, 5.41) is 5.02. The molecule has 24 heavy (non-hydrogen) atoms. The molecule has 2 amide bonds. The SMILES string of the molecule is CCN(CC(=O)NC(C)(C)C)CC(=O)N1CCCC1c1cccs1. The first-order valence-corrected chi connectivity index (χ1v) is 9.54. The Bertz CT molecular complexity index is 551. The zero-order valence-electron chi connectivity index (χ0n) is 15.2. The van der Waals surface area contributed by atoms with Crippen molar-refractivity contribution in [3.63, 3.8) is 0 Å². The average Bonchev–Trinajstić information content (AvgIpc) is 3.14. The fourth-order valence-electron chi connectivity index (χ4n) is 3.06. The van der Waals surface area contributed by atoms with Crippen molar-refractivity contribution in [2.24, 2.45) is 0 Å². The normalized spacial score (nSPS) is 18.2. The van der Waals surface area contributed by atoms with Crippen molar-refractivity contribution in [3.05, 3.63) is 22.4 Å². The molecule has 0 bridgehead atoms. The first-order chi connectivity index (χ1) is 11.3. The molecule has 0 aliphatic carbocycles. The molecular weight excluding hydrogens is 322 g/mol. The van der Waals surface area contributed by atoms with Crippen LogP contribution in [0.2, 0.25) is 0 Å².